The molecule has 0 aliphatic carbocycles. The summed E-state index contributed by atoms with van der Waals surface area (Å²) < 4.78 is 4.94. The largest absolute Gasteiger partial charge is 0.556 e. The van der Waals surface area contributed by atoms with E-state index in [1.165, 1.54) is 25.0 Å². The van der Waals surface area contributed by atoms with Crippen LogP contribution in [0.5, 0.6) is 0 Å². The predicted octanol–water partition coefficient (Wildman–Crippen LogP) is -1.03. The minimum atomic E-state index is -3.30. The first kappa shape index (κ1) is 20.4. The fourth-order valence-electron chi connectivity index (χ4n) is 1.85. The zero-order valence-electron chi connectivity index (χ0n) is 13.4. The van der Waals surface area contributed by atoms with Crippen molar-refractivity contribution in [2.24, 2.45) is 0 Å². The first-order chi connectivity index (χ1) is 11.4. The van der Waals surface area contributed by atoms with Crippen molar-refractivity contribution < 1.29 is 29.9 Å². The van der Waals surface area contributed by atoms with Crippen molar-refractivity contribution in [2.45, 2.75) is 12.8 Å². The van der Waals surface area contributed by atoms with Gasteiger partial charge in [0.2, 0.25) is 0 Å². The molecule has 1 fully saturated rings. The minimum Gasteiger partial charge on any atom is -0.556 e. The van der Waals surface area contributed by atoms with Crippen LogP contribution in [0.25, 0.3) is 0 Å². The number of hydrogen-bond donors (Lipinski definition) is 5. The third-order valence-corrected chi connectivity index (χ3v) is 3.17. The van der Waals surface area contributed by atoms with E-state index in [0.717, 1.165) is 13.2 Å². The zero-order valence-corrected chi connectivity index (χ0v) is 13.4. The predicted molar refractivity (Wildman–Crippen MR) is 94.8 cm³/mol. The molecular weight excluding hydrogens is 310 g/mol. The Morgan fingerprint density at radius 2 is 1.21 bits per heavy atom. The summed E-state index contributed by atoms with van der Waals surface area (Å²) in [5.41, 5.74) is 0.653. The Labute approximate surface area is 142 Å². The standard InChI is InChI=1S/C6H8BO3.C6H7BO2.C4H8O/c8-7(9,10)6-4-2-1-3-5-6;8-7(9)6-4-2-1-3-5-6;1-2-4-5-3-1/h1-5,8-10H;1-5,8-9H;1-4H2/q-1;;. The molecule has 0 spiro atoms. The fourth-order valence-corrected chi connectivity index (χ4v) is 1.85. The average molecular weight is 333 g/mol. The number of ether oxygens (including phenoxy) is 1. The van der Waals surface area contributed by atoms with Crippen molar-refractivity contribution in [3.63, 3.8) is 0 Å². The van der Waals surface area contributed by atoms with Gasteiger partial charge < -0.3 is 29.9 Å². The SMILES string of the molecule is C1CCOC1.OB(O)c1ccccc1.O[B-](O)(O)c1ccccc1. The second-order valence-corrected chi connectivity index (χ2v) is 5.25. The summed E-state index contributed by atoms with van der Waals surface area (Å²) in [6.07, 6.45) is 2.56. The van der Waals surface area contributed by atoms with E-state index in [1.54, 1.807) is 42.5 Å². The Hall–Kier alpha value is -1.67. The van der Waals surface area contributed by atoms with Gasteiger partial charge in [-0.05, 0) is 18.3 Å². The van der Waals surface area contributed by atoms with Crippen molar-refractivity contribution in [1.82, 2.24) is 0 Å². The third kappa shape index (κ3) is 8.83. The molecule has 0 saturated carbocycles. The number of rotatable bonds is 2. The molecule has 3 rings (SSSR count). The van der Waals surface area contributed by atoms with Gasteiger partial charge in [0, 0.05) is 13.2 Å². The molecule has 2 aromatic carbocycles. The van der Waals surface area contributed by atoms with Crippen LogP contribution in [0.1, 0.15) is 12.8 Å². The number of hydrogen-bond acceptors (Lipinski definition) is 6. The average Bonchev–Trinajstić information content (AvgIpc) is 3.16. The second-order valence-electron chi connectivity index (χ2n) is 5.25. The van der Waals surface area contributed by atoms with Gasteiger partial charge in [-0.1, -0.05) is 60.7 Å². The maximum Gasteiger partial charge on any atom is 0.488 e. The van der Waals surface area contributed by atoms with Crippen molar-refractivity contribution in [1.29, 1.82) is 0 Å². The highest BCUT2D eigenvalue weighted by Gasteiger charge is 2.16. The molecular formula is C16H23B2O6-. The molecule has 1 aliphatic heterocycles. The van der Waals surface area contributed by atoms with Crippen LogP contribution in [0.15, 0.2) is 60.7 Å². The van der Waals surface area contributed by atoms with Crippen LogP contribution in [-0.2, 0) is 4.74 Å². The maximum absolute atomic E-state index is 8.66. The van der Waals surface area contributed by atoms with Crippen LogP contribution in [0.2, 0.25) is 0 Å². The maximum atomic E-state index is 8.66. The second kappa shape index (κ2) is 11.0. The highest BCUT2D eigenvalue weighted by molar-refractivity contribution is 6.71. The Balaban J connectivity index is 0.000000189. The van der Waals surface area contributed by atoms with Gasteiger partial charge in [0.1, 0.15) is 0 Å². The van der Waals surface area contributed by atoms with Crippen LogP contribution in [0, 0.1) is 0 Å². The molecule has 6 nitrogen and oxygen atoms in total. The molecule has 2 aromatic rings. The molecule has 1 aliphatic rings. The molecule has 0 atom stereocenters. The summed E-state index contributed by atoms with van der Waals surface area (Å²) in [5.74, 6) is 0. The summed E-state index contributed by atoms with van der Waals surface area (Å²) >= 11 is 0. The molecule has 8 heteroatoms. The molecule has 0 aromatic heterocycles. The van der Waals surface area contributed by atoms with Crippen molar-refractivity contribution in [3.05, 3.63) is 60.7 Å². The molecule has 1 saturated heterocycles. The van der Waals surface area contributed by atoms with Gasteiger partial charge in [0.05, 0.1) is 0 Å². The highest BCUT2D eigenvalue weighted by atomic mass is 16.5. The normalized spacial score (nSPS) is 13.2. The van der Waals surface area contributed by atoms with Crippen LogP contribution >= 0.6 is 0 Å². The van der Waals surface area contributed by atoms with Gasteiger partial charge in [-0.25, -0.2) is 0 Å². The van der Waals surface area contributed by atoms with E-state index in [9.17, 15) is 0 Å². The van der Waals surface area contributed by atoms with Crippen LogP contribution in [-0.4, -0.2) is 52.2 Å². The van der Waals surface area contributed by atoms with Crippen molar-refractivity contribution in [2.75, 3.05) is 13.2 Å². The Bertz CT molecular complexity index is 534. The Kier molecular flexibility index (Phi) is 9.32. The topological polar surface area (TPSA) is 110 Å². The lowest BCUT2D eigenvalue weighted by Gasteiger charge is -2.20. The summed E-state index contributed by atoms with van der Waals surface area (Å²) in [4.78, 5) is 0. The molecule has 1 heterocycles. The third-order valence-electron chi connectivity index (χ3n) is 3.17. The van der Waals surface area contributed by atoms with E-state index in [2.05, 4.69) is 0 Å². The van der Waals surface area contributed by atoms with Crippen LogP contribution in [0.4, 0.5) is 0 Å². The van der Waals surface area contributed by atoms with Crippen molar-refractivity contribution >= 4 is 24.8 Å². The zero-order chi connectivity index (χ0) is 17.8. The monoisotopic (exact) mass is 333 g/mol. The number of benzene rings is 2. The van der Waals surface area contributed by atoms with Crippen molar-refractivity contribution in [3.8, 4) is 0 Å². The van der Waals surface area contributed by atoms with Gasteiger partial charge in [-0.15, -0.1) is 5.46 Å². The van der Waals surface area contributed by atoms with Gasteiger partial charge >= 0.3 is 13.9 Å². The van der Waals surface area contributed by atoms with E-state index in [1.807, 2.05) is 6.07 Å². The summed E-state index contributed by atoms with van der Waals surface area (Å²) in [7, 11) is -1.34. The summed E-state index contributed by atoms with van der Waals surface area (Å²) in [6.45, 7) is -1.30. The van der Waals surface area contributed by atoms with Gasteiger partial charge in [-0.2, -0.15) is 0 Å². The van der Waals surface area contributed by atoms with Crippen LogP contribution < -0.4 is 10.9 Å². The summed E-state index contributed by atoms with van der Waals surface area (Å²) in [5, 5.41) is 43.1. The van der Waals surface area contributed by atoms with E-state index < -0.39 is 13.9 Å². The lowest BCUT2D eigenvalue weighted by molar-refractivity contribution is 0.198. The highest BCUT2D eigenvalue weighted by Crippen LogP contribution is 1.98. The smallest absolute Gasteiger partial charge is 0.488 e. The lowest BCUT2D eigenvalue weighted by Crippen LogP contribution is -2.48. The fraction of sp³-hybridized carbons (Fsp3) is 0.250. The van der Waals surface area contributed by atoms with E-state index in [4.69, 9.17) is 29.9 Å². The first-order valence-electron chi connectivity index (χ1n) is 7.77. The molecule has 0 amide bonds. The van der Waals surface area contributed by atoms with Gasteiger partial charge in [-0.3, -0.25) is 0 Å². The molecule has 130 valence electrons. The molecule has 0 bridgehead atoms. The molecule has 0 radical (unpaired) electrons. The molecule has 24 heavy (non-hydrogen) atoms. The Morgan fingerprint density at radius 1 is 0.750 bits per heavy atom. The van der Waals surface area contributed by atoms with Gasteiger partial charge in [0.15, 0.2) is 0 Å². The van der Waals surface area contributed by atoms with E-state index in [0.29, 0.717) is 5.46 Å². The van der Waals surface area contributed by atoms with E-state index in [-0.39, 0.29) is 5.46 Å². The lowest BCUT2D eigenvalue weighted by atomic mass is 9.71. The quantitative estimate of drug-likeness (QED) is 0.450. The van der Waals surface area contributed by atoms with Gasteiger partial charge in [0.25, 0.3) is 0 Å². The minimum absolute atomic E-state index is 0.127. The molecule has 0 unspecified atom stereocenters. The van der Waals surface area contributed by atoms with E-state index >= 15 is 0 Å². The molecule has 5 N–H and O–H groups in total. The Morgan fingerprint density at radius 3 is 1.46 bits per heavy atom. The first-order valence-corrected chi connectivity index (χ1v) is 7.77. The van der Waals surface area contributed by atoms with Crippen LogP contribution in [0.3, 0.4) is 0 Å². The summed E-state index contributed by atoms with van der Waals surface area (Å²) in [6, 6.07) is 16.5.